The molecule has 1 aromatic heterocycles. The Morgan fingerprint density at radius 2 is 2.06 bits per heavy atom. The van der Waals surface area contributed by atoms with Gasteiger partial charge in [-0.05, 0) is 18.6 Å². The van der Waals surface area contributed by atoms with Crippen molar-refractivity contribution >= 4 is 11.9 Å². The molecule has 0 spiro atoms. The van der Waals surface area contributed by atoms with Crippen molar-refractivity contribution < 1.29 is 19.1 Å². The number of carbonyl (C=O) groups is 2. The van der Waals surface area contributed by atoms with Crippen LogP contribution in [0.2, 0.25) is 0 Å². The molecule has 0 radical (unpaired) electrons. The third-order valence-corrected chi connectivity index (χ3v) is 2.68. The van der Waals surface area contributed by atoms with E-state index in [4.69, 9.17) is 9.52 Å². The molecule has 17 heavy (non-hydrogen) atoms. The highest BCUT2D eigenvalue weighted by Crippen LogP contribution is 2.13. The number of hydrogen-bond donors (Lipinski definition) is 1. The number of aryl methyl sites for hydroxylation is 1. The molecule has 0 bridgehead atoms. The van der Waals surface area contributed by atoms with Gasteiger partial charge in [0.05, 0.1) is 0 Å². The van der Waals surface area contributed by atoms with Gasteiger partial charge >= 0.3 is 5.97 Å². The van der Waals surface area contributed by atoms with Gasteiger partial charge in [0.2, 0.25) is 0 Å². The fourth-order valence-electron chi connectivity index (χ4n) is 1.61. The Kier molecular flexibility index (Phi) is 4.31. The summed E-state index contributed by atoms with van der Waals surface area (Å²) >= 11 is 0. The molecule has 1 unspecified atom stereocenters. The Morgan fingerprint density at radius 1 is 1.41 bits per heavy atom. The summed E-state index contributed by atoms with van der Waals surface area (Å²) in [6, 6.07) is 2.48. The number of likely N-dealkylation sites (N-methyl/N-ethyl adjacent to an activating group) is 1. The van der Waals surface area contributed by atoms with Crippen LogP contribution in [0.1, 0.15) is 36.6 Å². The fraction of sp³-hybridized carbons (Fsp3) is 0.500. The third kappa shape index (κ3) is 2.87. The summed E-state index contributed by atoms with van der Waals surface area (Å²) < 4.78 is 5.31. The van der Waals surface area contributed by atoms with Crippen LogP contribution in [0.3, 0.4) is 0 Å². The molecule has 0 aliphatic carbocycles. The molecule has 1 amide bonds. The van der Waals surface area contributed by atoms with Gasteiger partial charge in [0, 0.05) is 13.5 Å². The lowest BCUT2D eigenvalue weighted by Crippen LogP contribution is -2.41. The number of carboxylic acid groups (broad SMARTS) is 1. The quantitative estimate of drug-likeness (QED) is 0.850. The lowest BCUT2D eigenvalue weighted by atomic mass is 10.2. The number of furan rings is 1. The van der Waals surface area contributed by atoms with Gasteiger partial charge in [0.15, 0.2) is 5.76 Å². The first-order valence-corrected chi connectivity index (χ1v) is 5.59. The second-order valence-corrected chi connectivity index (χ2v) is 3.80. The van der Waals surface area contributed by atoms with Crippen molar-refractivity contribution in [3.05, 3.63) is 23.7 Å². The van der Waals surface area contributed by atoms with E-state index in [2.05, 4.69) is 0 Å². The van der Waals surface area contributed by atoms with Gasteiger partial charge in [-0.3, -0.25) is 4.79 Å². The second-order valence-electron chi connectivity index (χ2n) is 3.80. The molecule has 5 heteroatoms. The number of hydrogen-bond acceptors (Lipinski definition) is 3. The Balaban J connectivity index is 2.85. The van der Waals surface area contributed by atoms with Crippen molar-refractivity contribution in [3.8, 4) is 0 Å². The molecular weight excluding hydrogens is 222 g/mol. The molecule has 0 aliphatic heterocycles. The van der Waals surface area contributed by atoms with Gasteiger partial charge in [-0.2, -0.15) is 0 Å². The minimum absolute atomic E-state index is 0.184. The van der Waals surface area contributed by atoms with Crippen LogP contribution in [0.4, 0.5) is 0 Å². The normalized spacial score (nSPS) is 12.2. The lowest BCUT2D eigenvalue weighted by molar-refractivity contribution is -0.142. The summed E-state index contributed by atoms with van der Waals surface area (Å²) in [5.74, 6) is -0.515. The standard InChI is InChI=1S/C12H17NO4/c1-4-8-6-7-10(17-8)11(14)13(3)9(5-2)12(15)16/h6-7,9H,4-5H2,1-3H3,(H,15,16). The zero-order chi connectivity index (χ0) is 13.0. The lowest BCUT2D eigenvalue weighted by Gasteiger charge is -2.22. The van der Waals surface area contributed by atoms with E-state index in [0.29, 0.717) is 18.6 Å². The van der Waals surface area contributed by atoms with Crippen molar-refractivity contribution in [2.75, 3.05) is 7.05 Å². The Morgan fingerprint density at radius 3 is 2.47 bits per heavy atom. The van der Waals surface area contributed by atoms with Crippen molar-refractivity contribution in [1.82, 2.24) is 4.90 Å². The first kappa shape index (κ1) is 13.3. The molecule has 1 rings (SSSR count). The average molecular weight is 239 g/mol. The van der Waals surface area contributed by atoms with E-state index >= 15 is 0 Å². The Bertz CT molecular complexity index is 410. The maximum atomic E-state index is 11.9. The van der Waals surface area contributed by atoms with Crippen LogP contribution in [0.15, 0.2) is 16.5 Å². The van der Waals surface area contributed by atoms with Crippen molar-refractivity contribution in [1.29, 1.82) is 0 Å². The van der Waals surface area contributed by atoms with E-state index in [0.717, 1.165) is 0 Å². The van der Waals surface area contributed by atoms with Gasteiger partial charge in [-0.25, -0.2) is 4.79 Å². The van der Waals surface area contributed by atoms with Crippen LogP contribution in [0.25, 0.3) is 0 Å². The molecule has 94 valence electrons. The molecule has 1 aromatic rings. The molecule has 0 fully saturated rings. The SMILES string of the molecule is CCc1ccc(C(=O)N(C)C(CC)C(=O)O)o1. The van der Waals surface area contributed by atoms with Gasteiger partial charge in [-0.1, -0.05) is 13.8 Å². The summed E-state index contributed by atoms with van der Waals surface area (Å²) in [7, 11) is 1.47. The molecule has 0 saturated heterocycles. The van der Waals surface area contributed by atoms with Crippen LogP contribution in [0.5, 0.6) is 0 Å². The first-order chi connectivity index (χ1) is 8.01. The molecule has 1 N–H and O–H groups in total. The summed E-state index contributed by atoms with van der Waals surface area (Å²) in [6.45, 7) is 3.64. The molecular formula is C12H17NO4. The Labute approximate surface area is 100 Å². The van der Waals surface area contributed by atoms with Crippen LogP contribution in [-0.2, 0) is 11.2 Å². The monoisotopic (exact) mass is 239 g/mol. The minimum Gasteiger partial charge on any atom is -0.480 e. The summed E-state index contributed by atoms with van der Waals surface area (Å²) in [6.07, 6.45) is 1.06. The highest BCUT2D eigenvalue weighted by atomic mass is 16.4. The third-order valence-electron chi connectivity index (χ3n) is 2.68. The van der Waals surface area contributed by atoms with Gasteiger partial charge < -0.3 is 14.4 Å². The number of carbonyl (C=O) groups excluding carboxylic acids is 1. The number of nitrogens with zero attached hydrogens (tertiary/aromatic N) is 1. The van der Waals surface area contributed by atoms with E-state index in [1.807, 2.05) is 6.92 Å². The number of rotatable bonds is 5. The molecule has 0 saturated carbocycles. The van der Waals surface area contributed by atoms with Crippen molar-refractivity contribution in [3.63, 3.8) is 0 Å². The van der Waals surface area contributed by atoms with Crippen molar-refractivity contribution in [2.45, 2.75) is 32.7 Å². The van der Waals surface area contributed by atoms with Gasteiger partial charge in [-0.15, -0.1) is 0 Å². The van der Waals surface area contributed by atoms with E-state index in [1.165, 1.54) is 11.9 Å². The predicted molar refractivity (Wildman–Crippen MR) is 61.9 cm³/mol. The zero-order valence-corrected chi connectivity index (χ0v) is 10.3. The number of aliphatic carboxylic acids is 1. The molecule has 0 aromatic carbocycles. The molecule has 1 atom stereocenters. The van der Waals surface area contributed by atoms with Crippen LogP contribution in [-0.4, -0.2) is 35.0 Å². The minimum atomic E-state index is -1.01. The zero-order valence-electron chi connectivity index (χ0n) is 10.3. The average Bonchev–Trinajstić information content (AvgIpc) is 2.76. The maximum Gasteiger partial charge on any atom is 0.326 e. The highest BCUT2D eigenvalue weighted by molar-refractivity contribution is 5.94. The first-order valence-electron chi connectivity index (χ1n) is 5.59. The van der Waals surface area contributed by atoms with Gasteiger partial charge in [0.25, 0.3) is 5.91 Å². The van der Waals surface area contributed by atoms with Crippen molar-refractivity contribution in [2.24, 2.45) is 0 Å². The second kappa shape index (κ2) is 5.52. The highest BCUT2D eigenvalue weighted by Gasteiger charge is 2.27. The van der Waals surface area contributed by atoms with E-state index in [9.17, 15) is 9.59 Å². The van der Waals surface area contributed by atoms with Gasteiger partial charge in [0.1, 0.15) is 11.8 Å². The molecule has 1 heterocycles. The van der Waals surface area contributed by atoms with Crippen LogP contribution in [0, 0.1) is 0 Å². The number of carboxylic acids is 1. The van der Waals surface area contributed by atoms with Crippen LogP contribution < -0.4 is 0 Å². The largest absolute Gasteiger partial charge is 0.480 e. The predicted octanol–water partition coefficient (Wildman–Crippen LogP) is 1.78. The summed E-state index contributed by atoms with van der Waals surface area (Å²) in [4.78, 5) is 24.1. The summed E-state index contributed by atoms with van der Waals surface area (Å²) in [5, 5.41) is 8.97. The maximum absolute atomic E-state index is 11.9. The van der Waals surface area contributed by atoms with E-state index < -0.39 is 17.9 Å². The van der Waals surface area contributed by atoms with E-state index in [-0.39, 0.29) is 5.76 Å². The van der Waals surface area contributed by atoms with Crippen LogP contribution >= 0.6 is 0 Å². The van der Waals surface area contributed by atoms with E-state index in [1.54, 1.807) is 19.1 Å². The number of amides is 1. The summed E-state index contributed by atoms with van der Waals surface area (Å²) in [5.41, 5.74) is 0. The smallest absolute Gasteiger partial charge is 0.326 e. The Hall–Kier alpha value is -1.78. The molecule has 0 aliphatic rings. The fourth-order valence-corrected chi connectivity index (χ4v) is 1.61. The molecule has 5 nitrogen and oxygen atoms in total. The topological polar surface area (TPSA) is 70.8 Å².